The molecule has 0 aromatic carbocycles. The van der Waals surface area contributed by atoms with Crippen molar-refractivity contribution >= 4 is 19.8 Å². The number of carbonyl (C=O) groups excluding carboxylic acids is 2. The minimum absolute atomic E-state index is 0.0439. The van der Waals surface area contributed by atoms with Gasteiger partial charge in [0.25, 0.3) is 0 Å². The molecule has 0 fully saturated rings. The Bertz CT molecular complexity index is 1820. The quantitative estimate of drug-likeness (QED) is 0.0264. The van der Waals surface area contributed by atoms with Gasteiger partial charge in [0, 0.05) is 19.4 Å². The van der Waals surface area contributed by atoms with Crippen molar-refractivity contribution in [3.05, 3.63) is 134 Å². The normalized spacial score (nSPS) is 13.8. The number of nitrogens with two attached hydrogens (primary N) is 1. The number of phosphoric ester groups is 1. The van der Waals surface area contributed by atoms with Crippen molar-refractivity contribution in [3.63, 3.8) is 0 Å². The minimum atomic E-state index is -4.41. The van der Waals surface area contributed by atoms with Crippen molar-refractivity contribution in [2.45, 2.75) is 290 Å². The van der Waals surface area contributed by atoms with Crippen LogP contribution in [0.1, 0.15) is 284 Å². The minimum Gasteiger partial charge on any atom is -0.462 e. The van der Waals surface area contributed by atoms with E-state index < -0.39 is 26.5 Å². The van der Waals surface area contributed by atoms with Crippen LogP contribution in [0.4, 0.5) is 0 Å². The molecule has 2 unspecified atom stereocenters. The van der Waals surface area contributed by atoms with Crippen LogP contribution in [-0.2, 0) is 32.7 Å². The molecule has 0 radical (unpaired) electrons. The smallest absolute Gasteiger partial charge is 0.462 e. The molecule has 474 valence electrons. The summed E-state index contributed by atoms with van der Waals surface area (Å²) in [6.45, 7) is 3.61. The van der Waals surface area contributed by atoms with E-state index in [4.69, 9.17) is 24.3 Å². The number of ether oxygens (including phenoxy) is 2. The third-order valence-corrected chi connectivity index (χ3v) is 15.0. The molecule has 0 rings (SSSR count). The Morgan fingerprint density at radius 3 is 0.988 bits per heavy atom. The van der Waals surface area contributed by atoms with Crippen LogP contribution in [0, 0.1) is 0 Å². The highest BCUT2D eigenvalue weighted by Crippen LogP contribution is 2.43. The summed E-state index contributed by atoms with van der Waals surface area (Å²) in [7, 11) is -4.41. The Labute approximate surface area is 510 Å². The second-order valence-electron chi connectivity index (χ2n) is 22.0. The largest absolute Gasteiger partial charge is 0.472 e. The lowest BCUT2D eigenvalue weighted by molar-refractivity contribution is -0.161. The monoisotopic (exact) mass is 1170 g/mol. The number of unbranched alkanes of at least 4 members (excludes halogenated alkanes) is 27. The second-order valence-corrected chi connectivity index (χ2v) is 23.4. The number of esters is 2. The molecule has 10 heteroatoms. The highest BCUT2D eigenvalue weighted by molar-refractivity contribution is 7.47. The van der Waals surface area contributed by atoms with Gasteiger partial charge < -0.3 is 20.1 Å². The maximum absolute atomic E-state index is 12.7. The van der Waals surface area contributed by atoms with E-state index in [-0.39, 0.29) is 38.6 Å². The van der Waals surface area contributed by atoms with Gasteiger partial charge in [-0.25, -0.2) is 4.57 Å². The molecule has 0 amide bonds. The molecule has 0 spiro atoms. The first-order chi connectivity index (χ1) is 40.8. The van der Waals surface area contributed by atoms with E-state index in [1.807, 2.05) is 0 Å². The Hall–Kier alpha value is -3.85. The summed E-state index contributed by atoms with van der Waals surface area (Å²) in [5, 5.41) is 0. The summed E-state index contributed by atoms with van der Waals surface area (Å²) in [5.41, 5.74) is 5.40. The van der Waals surface area contributed by atoms with Gasteiger partial charge in [0.05, 0.1) is 13.2 Å². The Morgan fingerprint density at radius 1 is 0.373 bits per heavy atom. The summed E-state index contributed by atoms with van der Waals surface area (Å²) in [6.07, 6.45) is 95.3. The Morgan fingerprint density at radius 2 is 0.663 bits per heavy atom. The van der Waals surface area contributed by atoms with Gasteiger partial charge in [0.15, 0.2) is 6.10 Å². The maximum Gasteiger partial charge on any atom is 0.472 e. The molecule has 0 aliphatic rings. The molecular formula is C73H124NO8P. The van der Waals surface area contributed by atoms with Gasteiger partial charge in [-0.1, -0.05) is 289 Å². The van der Waals surface area contributed by atoms with Gasteiger partial charge in [-0.2, -0.15) is 0 Å². The number of allylic oxidation sites excluding steroid dienone is 22. The van der Waals surface area contributed by atoms with Crippen LogP contribution in [0.2, 0.25) is 0 Å². The fraction of sp³-hybridized carbons (Fsp3) is 0.671. The van der Waals surface area contributed by atoms with Crippen LogP contribution >= 0.6 is 7.82 Å². The van der Waals surface area contributed by atoms with E-state index in [9.17, 15) is 19.0 Å². The van der Waals surface area contributed by atoms with Crippen LogP contribution in [0.15, 0.2) is 134 Å². The third kappa shape index (κ3) is 67.2. The van der Waals surface area contributed by atoms with Gasteiger partial charge in [0.1, 0.15) is 6.61 Å². The summed E-state index contributed by atoms with van der Waals surface area (Å²) in [6, 6.07) is 0. The number of phosphoric acid groups is 1. The third-order valence-electron chi connectivity index (χ3n) is 14.0. The Balaban J connectivity index is 3.99. The molecule has 0 saturated heterocycles. The first-order valence-electron chi connectivity index (χ1n) is 33.7. The van der Waals surface area contributed by atoms with E-state index >= 15 is 0 Å². The molecule has 2 atom stereocenters. The van der Waals surface area contributed by atoms with E-state index in [1.54, 1.807) is 0 Å². The number of hydrogen-bond acceptors (Lipinski definition) is 8. The summed E-state index contributed by atoms with van der Waals surface area (Å²) < 4.78 is 33.1. The average Bonchev–Trinajstić information content (AvgIpc) is 3.49. The van der Waals surface area contributed by atoms with E-state index in [1.165, 1.54) is 135 Å². The standard InChI is InChI=1S/C73H124NO8P/c1-3-5-7-9-11-13-15-17-19-21-23-25-27-29-31-33-34-35-36-38-40-42-44-46-48-50-52-54-56-58-60-62-64-66-73(76)82-71(70-81-83(77,78)80-68-67-74)69-79-72(75)65-63-61-59-57-55-53-51-49-47-45-43-41-39-37-32-30-28-26-24-22-20-18-16-14-12-10-8-6-4-2/h5,7,11,13,16-19,22-25,29,31,34-35,38,40,44,46,50,52,71H,3-4,6,8-10,12,14-15,20-21,26-28,30,32-33,36-37,39,41-43,45,47-49,51,53-70,74H2,1-2H3,(H,77,78)/b7-5-,13-11-,18-16-,19-17-,24-22-,25-23-,31-29-,35-34-,40-38-,46-44-,52-50-. The highest BCUT2D eigenvalue weighted by atomic mass is 31.2. The zero-order chi connectivity index (χ0) is 60.1. The van der Waals surface area contributed by atoms with Crippen LogP contribution in [-0.4, -0.2) is 49.3 Å². The van der Waals surface area contributed by atoms with Gasteiger partial charge in [-0.15, -0.1) is 0 Å². The molecule has 0 aromatic rings. The molecule has 0 bridgehead atoms. The molecule has 83 heavy (non-hydrogen) atoms. The number of hydrogen-bond donors (Lipinski definition) is 2. The van der Waals surface area contributed by atoms with Crippen LogP contribution < -0.4 is 5.73 Å². The summed E-state index contributed by atoms with van der Waals surface area (Å²) in [5.74, 6) is -0.851. The molecule has 0 saturated carbocycles. The molecule has 0 heterocycles. The number of rotatable bonds is 62. The molecule has 9 nitrogen and oxygen atoms in total. The highest BCUT2D eigenvalue weighted by Gasteiger charge is 2.26. The van der Waals surface area contributed by atoms with Crippen LogP contribution in [0.3, 0.4) is 0 Å². The van der Waals surface area contributed by atoms with Crippen molar-refractivity contribution in [1.29, 1.82) is 0 Å². The molecular weight excluding hydrogens is 1050 g/mol. The Kier molecular flexibility index (Phi) is 64.2. The molecule has 0 aromatic heterocycles. The fourth-order valence-electron chi connectivity index (χ4n) is 9.07. The van der Waals surface area contributed by atoms with Gasteiger partial charge in [0.2, 0.25) is 0 Å². The first kappa shape index (κ1) is 79.2. The SMILES string of the molecule is CC/C=C\C/C=C\C/C=C\C/C=C\C/C=C\C/C=C\C/C=C\C/C=C\C/C=C\CCCCCCCC(=O)OC(COC(=O)CCCCCCCCCCCCCCCCCCC/C=C\C/C=C\CCCCCCC)COP(=O)(O)OCCN. The predicted molar refractivity (Wildman–Crippen MR) is 357 cm³/mol. The van der Waals surface area contributed by atoms with E-state index in [0.717, 1.165) is 116 Å². The van der Waals surface area contributed by atoms with Crippen molar-refractivity contribution in [1.82, 2.24) is 0 Å². The summed E-state index contributed by atoms with van der Waals surface area (Å²) in [4.78, 5) is 35.3. The van der Waals surface area contributed by atoms with E-state index in [2.05, 4.69) is 148 Å². The summed E-state index contributed by atoms with van der Waals surface area (Å²) >= 11 is 0. The van der Waals surface area contributed by atoms with Crippen molar-refractivity contribution < 1.29 is 37.6 Å². The van der Waals surface area contributed by atoms with Gasteiger partial charge in [-0.3, -0.25) is 18.6 Å². The lowest BCUT2D eigenvalue weighted by Gasteiger charge is -2.19. The van der Waals surface area contributed by atoms with Crippen molar-refractivity contribution in [2.75, 3.05) is 26.4 Å². The average molecular weight is 1170 g/mol. The zero-order valence-corrected chi connectivity index (χ0v) is 54.0. The van der Waals surface area contributed by atoms with Crippen molar-refractivity contribution in [2.24, 2.45) is 5.73 Å². The number of carbonyl (C=O) groups is 2. The lowest BCUT2D eigenvalue weighted by Crippen LogP contribution is -2.29. The lowest BCUT2D eigenvalue weighted by atomic mass is 10.0. The fourth-order valence-corrected chi connectivity index (χ4v) is 9.84. The topological polar surface area (TPSA) is 134 Å². The van der Waals surface area contributed by atoms with Gasteiger partial charge in [-0.05, 0) is 116 Å². The van der Waals surface area contributed by atoms with Crippen LogP contribution in [0.5, 0.6) is 0 Å². The van der Waals surface area contributed by atoms with Gasteiger partial charge >= 0.3 is 19.8 Å². The molecule has 3 N–H and O–H groups in total. The molecule has 0 aliphatic carbocycles. The zero-order valence-electron chi connectivity index (χ0n) is 53.1. The maximum atomic E-state index is 12.7. The molecule has 0 aliphatic heterocycles. The van der Waals surface area contributed by atoms with Crippen molar-refractivity contribution in [3.8, 4) is 0 Å². The van der Waals surface area contributed by atoms with E-state index in [0.29, 0.717) is 6.42 Å². The first-order valence-corrected chi connectivity index (χ1v) is 35.2. The predicted octanol–water partition coefficient (Wildman–Crippen LogP) is 22.1. The second kappa shape index (κ2) is 67.3. The van der Waals surface area contributed by atoms with Crippen LogP contribution in [0.25, 0.3) is 0 Å².